The zero-order chi connectivity index (χ0) is 19.4. The van der Waals surface area contributed by atoms with Crippen LogP contribution >= 0.6 is 11.3 Å². The van der Waals surface area contributed by atoms with Crippen LogP contribution in [0.15, 0.2) is 54.4 Å². The molecule has 8 nitrogen and oxygen atoms in total. The van der Waals surface area contributed by atoms with Gasteiger partial charge in [-0.25, -0.2) is 9.97 Å². The zero-order valence-corrected chi connectivity index (χ0v) is 16.1. The van der Waals surface area contributed by atoms with E-state index in [1.165, 1.54) is 0 Å². The molecule has 0 atom stereocenters. The van der Waals surface area contributed by atoms with Gasteiger partial charge in [-0.1, -0.05) is 6.07 Å². The Kier molecular flexibility index (Phi) is 3.38. The maximum Gasteiger partial charge on any atom is 0.161 e. The molecule has 6 rings (SSSR count). The third-order valence-electron chi connectivity index (χ3n) is 4.81. The Labute approximate surface area is 168 Å². The molecule has 9 heteroatoms. The second kappa shape index (κ2) is 6.08. The number of hydrogen-bond donors (Lipinski definition) is 2. The molecule has 0 unspecified atom stereocenters. The minimum absolute atomic E-state index is 0.660. The largest absolute Gasteiger partial charge is 0.335 e. The summed E-state index contributed by atoms with van der Waals surface area (Å²) >= 11 is 1.67. The van der Waals surface area contributed by atoms with Gasteiger partial charge in [0, 0.05) is 35.4 Å². The Bertz CT molecular complexity index is 1470. The highest BCUT2D eigenvalue weighted by Gasteiger charge is 2.17. The predicted molar refractivity (Wildman–Crippen MR) is 112 cm³/mol. The molecule has 0 amide bonds. The number of aryl methyl sites for hydroxylation is 1. The first-order chi connectivity index (χ1) is 14.3. The lowest BCUT2D eigenvalue weighted by Crippen LogP contribution is -1.87. The van der Waals surface area contributed by atoms with E-state index in [4.69, 9.17) is 9.97 Å². The zero-order valence-electron chi connectivity index (χ0n) is 15.3. The van der Waals surface area contributed by atoms with Gasteiger partial charge >= 0.3 is 0 Å². The van der Waals surface area contributed by atoms with Crippen LogP contribution in [-0.4, -0.2) is 39.9 Å². The molecule has 0 aliphatic carbocycles. The minimum atomic E-state index is 0.660. The lowest BCUT2D eigenvalue weighted by atomic mass is 10.2. The fraction of sp³-hybridized carbons (Fsp3) is 0.0500. The molecule has 0 saturated heterocycles. The van der Waals surface area contributed by atoms with Gasteiger partial charge in [0.05, 0.1) is 29.1 Å². The van der Waals surface area contributed by atoms with Crippen molar-refractivity contribution in [2.24, 2.45) is 7.05 Å². The van der Waals surface area contributed by atoms with Gasteiger partial charge in [0.15, 0.2) is 11.5 Å². The maximum atomic E-state index is 4.84. The summed E-state index contributed by atoms with van der Waals surface area (Å²) in [6, 6.07) is 8.03. The van der Waals surface area contributed by atoms with Gasteiger partial charge in [-0.2, -0.15) is 10.2 Å². The molecule has 0 aliphatic rings. The number of H-pyrrole nitrogens is 2. The quantitative estimate of drug-likeness (QED) is 0.469. The van der Waals surface area contributed by atoms with Gasteiger partial charge in [-0.05, 0) is 23.6 Å². The molecule has 6 heterocycles. The number of rotatable bonds is 3. The first kappa shape index (κ1) is 16.1. The van der Waals surface area contributed by atoms with Crippen LogP contribution in [0.4, 0.5) is 0 Å². The van der Waals surface area contributed by atoms with Crippen molar-refractivity contribution in [3.63, 3.8) is 0 Å². The molecule has 6 aromatic rings. The third kappa shape index (κ3) is 2.55. The number of nitrogens with zero attached hydrogens (tertiary/aromatic N) is 6. The van der Waals surface area contributed by atoms with Gasteiger partial charge < -0.3 is 4.98 Å². The molecule has 0 fully saturated rings. The van der Waals surface area contributed by atoms with Crippen molar-refractivity contribution in [1.29, 1.82) is 0 Å². The van der Waals surface area contributed by atoms with Gasteiger partial charge in [-0.3, -0.25) is 14.8 Å². The summed E-state index contributed by atoms with van der Waals surface area (Å²) in [7, 11) is 1.89. The highest BCUT2D eigenvalue weighted by molar-refractivity contribution is 7.13. The highest BCUT2D eigenvalue weighted by Crippen LogP contribution is 2.32. The monoisotopic (exact) mass is 398 g/mol. The van der Waals surface area contributed by atoms with Crippen LogP contribution in [0.5, 0.6) is 0 Å². The Balaban J connectivity index is 1.53. The number of aromatic nitrogens is 8. The lowest BCUT2D eigenvalue weighted by Gasteiger charge is -1.98. The van der Waals surface area contributed by atoms with E-state index in [1.54, 1.807) is 28.4 Å². The number of aromatic amines is 2. The van der Waals surface area contributed by atoms with Gasteiger partial charge in [0.2, 0.25) is 0 Å². The Morgan fingerprint density at radius 3 is 2.79 bits per heavy atom. The normalized spacial score (nSPS) is 11.6. The fourth-order valence-electron chi connectivity index (χ4n) is 3.44. The molecular weight excluding hydrogens is 384 g/mol. The molecule has 0 bridgehead atoms. The van der Waals surface area contributed by atoms with Crippen molar-refractivity contribution >= 4 is 33.4 Å². The van der Waals surface area contributed by atoms with Crippen LogP contribution in [0.25, 0.3) is 55.3 Å². The Morgan fingerprint density at radius 2 is 1.97 bits per heavy atom. The molecule has 0 spiro atoms. The molecule has 140 valence electrons. The van der Waals surface area contributed by atoms with Crippen LogP contribution < -0.4 is 0 Å². The first-order valence-corrected chi connectivity index (χ1v) is 9.86. The van der Waals surface area contributed by atoms with Crippen molar-refractivity contribution in [2.45, 2.75) is 0 Å². The SMILES string of the molecule is Cn1cc(-c2ccc3[nH]nc(-c4nc5c(-c6cccs6)cncc5[nH]4)c3n2)cn1. The van der Waals surface area contributed by atoms with Crippen LogP contribution in [0.1, 0.15) is 0 Å². The minimum Gasteiger partial charge on any atom is -0.335 e. The fourth-order valence-corrected chi connectivity index (χ4v) is 4.17. The number of thiophene rings is 1. The van der Waals surface area contributed by atoms with Crippen LogP contribution in [0.3, 0.4) is 0 Å². The van der Waals surface area contributed by atoms with Crippen molar-refractivity contribution in [3.8, 4) is 33.2 Å². The lowest BCUT2D eigenvalue weighted by molar-refractivity contribution is 0.768. The first-order valence-electron chi connectivity index (χ1n) is 8.98. The standard InChI is InChI=1S/C20H14N8S/c1-28-10-11(7-22-28)13-4-5-14-18(23-13)19(27-26-14)20-24-15-9-21-8-12(17(15)25-20)16-3-2-6-29-16/h2-10H,1H3,(H,24,25)(H,26,27). The van der Waals surface area contributed by atoms with E-state index in [0.29, 0.717) is 11.5 Å². The molecule has 0 radical (unpaired) electrons. The molecule has 0 saturated carbocycles. The van der Waals surface area contributed by atoms with E-state index >= 15 is 0 Å². The van der Waals surface area contributed by atoms with E-state index in [9.17, 15) is 0 Å². The number of nitrogens with one attached hydrogen (secondary N) is 2. The van der Waals surface area contributed by atoms with Crippen molar-refractivity contribution in [2.75, 3.05) is 0 Å². The van der Waals surface area contributed by atoms with E-state index < -0.39 is 0 Å². The summed E-state index contributed by atoms with van der Waals surface area (Å²) in [4.78, 5) is 18.5. The van der Waals surface area contributed by atoms with Crippen LogP contribution in [0, 0.1) is 0 Å². The average Bonchev–Trinajstić information content (AvgIpc) is 3.51. The second-order valence-electron chi connectivity index (χ2n) is 6.71. The molecule has 0 aliphatic heterocycles. The topological polar surface area (TPSA) is 101 Å². The van der Waals surface area contributed by atoms with E-state index in [0.717, 1.165) is 43.8 Å². The molecule has 29 heavy (non-hydrogen) atoms. The Hall–Kier alpha value is -3.85. The summed E-state index contributed by atoms with van der Waals surface area (Å²) in [6.07, 6.45) is 7.37. The predicted octanol–water partition coefficient (Wildman–Crippen LogP) is 4.03. The van der Waals surface area contributed by atoms with Gasteiger partial charge in [0.1, 0.15) is 11.0 Å². The van der Waals surface area contributed by atoms with E-state index in [1.807, 2.05) is 43.0 Å². The molecule has 2 N–H and O–H groups in total. The third-order valence-corrected chi connectivity index (χ3v) is 5.72. The van der Waals surface area contributed by atoms with E-state index in [-0.39, 0.29) is 0 Å². The Morgan fingerprint density at radius 1 is 1.00 bits per heavy atom. The number of hydrogen-bond acceptors (Lipinski definition) is 6. The number of fused-ring (bicyclic) bond motifs is 2. The van der Waals surface area contributed by atoms with Crippen LogP contribution in [-0.2, 0) is 7.05 Å². The summed E-state index contributed by atoms with van der Waals surface area (Å²) in [5, 5.41) is 13.8. The van der Waals surface area contributed by atoms with Crippen molar-refractivity contribution < 1.29 is 0 Å². The second-order valence-corrected chi connectivity index (χ2v) is 7.66. The summed E-state index contributed by atoms with van der Waals surface area (Å²) in [6.45, 7) is 0. The number of imidazole rings is 1. The average molecular weight is 398 g/mol. The summed E-state index contributed by atoms with van der Waals surface area (Å²) in [5.41, 5.74) is 6.83. The molecule has 6 aromatic heterocycles. The van der Waals surface area contributed by atoms with Crippen molar-refractivity contribution in [1.82, 2.24) is 39.9 Å². The highest BCUT2D eigenvalue weighted by atomic mass is 32.1. The summed E-state index contributed by atoms with van der Waals surface area (Å²) < 4.78 is 1.76. The van der Waals surface area contributed by atoms with Gasteiger partial charge in [-0.15, -0.1) is 11.3 Å². The van der Waals surface area contributed by atoms with Crippen LogP contribution in [0.2, 0.25) is 0 Å². The summed E-state index contributed by atoms with van der Waals surface area (Å²) in [5.74, 6) is 0.660. The molecular formula is C20H14N8S. The maximum absolute atomic E-state index is 4.84. The molecule has 0 aromatic carbocycles. The number of pyridine rings is 2. The van der Waals surface area contributed by atoms with E-state index in [2.05, 4.69) is 31.3 Å². The smallest absolute Gasteiger partial charge is 0.161 e. The van der Waals surface area contributed by atoms with Crippen molar-refractivity contribution in [3.05, 3.63) is 54.4 Å². The van der Waals surface area contributed by atoms with Gasteiger partial charge in [0.25, 0.3) is 0 Å².